The Bertz CT molecular complexity index is 1180. The number of fused-ring (bicyclic) bond motifs is 1. The van der Waals surface area contributed by atoms with Crippen molar-refractivity contribution >= 4 is 29.0 Å². The van der Waals surface area contributed by atoms with Crippen LogP contribution in [0.1, 0.15) is 11.4 Å². The smallest absolute Gasteiger partial charge is 0.321 e. The van der Waals surface area contributed by atoms with Gasteiger partial charge in [-0.2, -0.15) is 0 Å². The number of benzene rings is 2. The molecule has 1 fully saturated rings. The predicted molar refractivity (Wildman–Crippen MR) is 131 cm³/mol. The number of aryl methyl sites for hydroxylation is 2. The van der Waals surface area contributed by atoms with Crippen molar-refractivity contribution in [3.05, 3.63) is 59.9 Å². The predicted octanol–water partition coefficient (Wildman–Crippen LogP) is 3.96. The van der Waals surface area contributed by atoms with E-state index in [9.17, 15) is 4.79 Å². The van der Waals surface area contributed by atoms with E-state index in [1.165, 1.54) is 5.56 Å². The number of carbonyl (C=O) groups excluding carboxylic acids is 1. The number of nitrogens with zero attached hydrogens (tertiary/aromatic N) is 4. The minimum Gasteiger partial charge on any atom is -0.486 e. The molecule has 176 valence electrons. The van der Waals surface area contributed by atoms with Crippen LogP contribution in [0.3, 0.4) is 0 Å². The van der Waals surface area contributed by atoms with E-state index in [0.29, 0.717) is 62.4 Å². The summed E-state index contributed by atoms with van der Waals surface area (Å²) in [5.74, 6) is 3.67. The Kier molecular flexibility index (Phi) is 6.07. The normalized spacial score (nSPS) is 15.1. The highest BCUT2D eigenvalue weighted by Gasteiger charge is 2.23. The van der Waals surface area contributed by atoms with Crippen molar-refractivity contribution in [2.75, 3.05) is 54.9 Å². The molecule has 9 nitrogen and oxygen atoms in total. The van der Waals surface area contributed by atoms with Crippen molar-refractivity contribution in [2.24, 2.45) is 0 Å². The number of piperazine rings is 1. The van der Waals surface area contributed by atoms with Gasteiger partial charge in [0.2, 0.25) is 0 Å². The first-order valence-electron chi connectivity index (χ1n) is 11.4. The van der Waals surface area contributed by atoms with Crippen LogP contribution in [0.5, 0.6) is 11.5 Å². The number of carbonyl (C=O) groups is 1. The van der Waals surface area contributed by atoms with Crippen molar-refractivity contribution in [2.45, 2.75) is 13.8 Å². The van der Waals surface area contributed by atoms with E-state index in [2.05, 4.69) is 44.6 Å². The fourth-order valence-electron chi connectivity index (χ4n) is 4.03. The fraction of sp³-hybridized carbons (Fsp3) is 0.320. The molecule has 1 aromatic heterocycles. The number of anilines is 4. The first-order valence-corrected chi connectivity index (χ1v) is 11.4. The van der Waals surface area contributed by atoms with Gasteiger partial charge in [-0.25, -0.2) is 14.8 Å². The number of rotatable bonds is 4. The summed E-state index contributed by atoms with van der Waals surface area (Å²) in [6.45, 7) is 7.58. The zero-order chi connectivity index (χ0) is 23.5. The molecule has 2 N–H and O–H groups in total. The maximum Gasteiger partial charge on any atom is 0.321 e. The number of aromatic nitrogens is 2. The van der Waals surface area contributed by atoms with Gasteiger partial charge >= 0.3 is 6.03 Å². The molecule has 2 aliphatic heterocycles. The number of amides is 2. The summed E-state index contributed by atoms with van der Waals surface area (Å²) in [7, 11) is 0. The molecule has 0 unspecified atom stereocenters. The second-order valence-electron chi connectivity index (χ2n) is 8.41. The number of nitrogens with one attached hydrogen (secondary N) is 2. The molecule has 0 spiro atoms. The fourth-order valence-corrected chi connectivity index (χ4v) is 4.03. The molecule has 0 atom stereocenters. The van der Waals surface area contributed by atoms with Gasteiger partial charge in [0.15, 0.2) is 11.5 Å². The number of hydrogen-bond acceptors (Lipinski definition) is 7. The average Bonchev–Trinajstić information content (AvgIpc) is 2.85. The number of ether oxygens (including phenoxy) is 2. The molecule has 0 saturated carbocycles. The molecule has 3 aromatic rings. The summed E-state index contributed by atoms with van der Waals surface area (Å²) >= 11 is 0. The molecular weight excluding hydrogens is 432 g/mol. The average molecular weight is 461 g/mol. The van der Waals surface area contributed by atoms with E-state index < -0.39 is 0 Å². The van der Waals surface area contributed by atoms with Gasteiger partial charge in [-0.15, -0.1) is 0 Å². The summed E-state index contributed by atoms with van der Waals surface area (Å²) in [5.41, 5.74) is 2.88. The van der Waals surface area contributed by atoms with Gasteiger partial charge in [-0.3, -0.25) is 0 Å². The Morgan fingerprint density at radius 2 is 1.56 bits per heavy atom. The zero-order valence-corrected chi connectivity index (χ0v) is 19.4. The summed E-state index contributed by atoms with van der Waals surface area (Å²) < 4.78 is 11.1. The van der Waals surface area contributed by atoms with Crippen molar-refractivity contribution in [3.8, 4) is 11.5 Å². The lowest BCUT2D eigenvalue weighted by atomic mass is 10.2. The van der Waals surface area contributed by atoms with Gasteiger partial charge in [-0.05, 0) is 38.1 Å². The van der Waals surface area contributed by atoms with Crippen LogP contribution in [0.2, 0.25) is 0 Å². The SMILES string of the molecule is Cc1ccc(Nc2cc(N3CCN(C(=O)Nc4ccc5c(c4)OCCO5)CC3)nc(C)n2)cc1. The van der Waals surface area contributed by atoms with E-state index >= 15 is 0 Å². The molecule has 34 heavy (non-hydrogen) atoms. The highest BCUT2D eigenvalue weighted by atomic mass is 16.6. The molecule has 3 heterocycles. The Balaban J connectivity index is 1.20. The second-order valence-corrected chi connectivity index (χ2v) is 8.41. The highest BCUT2D eigenvalue weighted by molar-refractivity contribution is 5.90. The van der Waals surface area contributed by atoms with E-state index in [1.54, 1.807) is 6.07 Å². The van der Waals surface area contributed by atoms with Crippen LogP contribution in [-0.2, 0) is 0 Å². The molecule has 0 radical (unpaired) electrons. The third kappa shape index (κ3) is 4.98. The molecule has 5 rings (SSSR count). The van der Waals surface area contributed by atoms with Crippen LogP contribution >= 0.6 is 0 Å². The third-order valence-corrected chi connectivity index (χ3v) is 5.83. The van der Waals surface area contributed by atoms with Crippen molar-refractivity contribution in [1.82, 2.24) is 14.9 Å². The monoisotopic (exact) mass is 460 g/mol. The molecule has 2 aromatic carbocycles. The summed E-state index contributed by atoms with van der Waals surface area (Å²) in [5, 5.41) is 6.32. The summed E-state index contributed by atoms with van der Waals surface area (Å²) in [4.78, 5) is 25.9. The Morgan fingerprint density at radius 1 is 0.853 bits per heavy atom. The first kappa shape index (κ1) is 21.8. The maximum atomic E-state index is 12.8. The minimum absolute atomic E-state index is 0.128. The van der Waals surface area contributed by atoms with Crippen molar-refractivity contribution in [1.29, 1.82) is 0 Å². The molecule has 9 heteroatoms. The second kappa shape index (κ2) is 9.46. The van der Waals surface area contributed by atoms with Gasteiger partial charge in [0, 0.05) is 49.7 Å². The maximum absolute atomic E-state index is 12.8. The summed E-state index contributed by atoms with van der Waals surface area (Å²) in [6, 6.07) is 15.5. The standard InChI is InChI=1S/C25H28N6O3/c1-17-3-5-19(6-4-17)28-23-16-24(27-18(2)26-23)30-9-11-31(12-10-30)25(32)29-20-7-8-21-22(15-20)34-14-13-33-21/h3-8,15-16H,9-14H2,1-2H3,(H,29,32)(H,26,27,28). The van der Waals surface area contributed by atoms with Crippen molar-refractivity contribution in [3.63, 3.8) is 0 Å². The lowest BCUT2D eigenvalue weighted by Gasteiger charge is -2.35. The van der Waals surface area contributed by atoms with Gasteiger partial charge in [0.1, 0.15) is 30.7 Å². The van der Waals surface area contributed by atoms with Crippen LogP contribution in [0, 0.1) is 13.8 Å². The van der Waals surface area contributed by atoms with Gasteiger partial charge < -0.3 is 29.9 Å². The van der Waals surface area contributed by atoms with Gasteiger partial charge in [0.05, 0.1) is 0 Å². The summed E-state index contributed by atoms with van der Waals surface area (Å²) in [6.07, 6.45) is 0. The quantitative estimate of drug-likeness (QED) is 0.609. The Labute approximate surface area is 198 Å². The molecule has 1 saturated heterocycles. The van der Waals surface area contributed by atoms with Crippen molar-refractivity contribution < 1.29 is 14.3 Å². The van der Waals surface area contributed by atoms with Crippen LogP contribution in [0.4, 0.5) is 27.8 Å². The molecular formula is C25H28N6O3. The number of urea groups is 1. The topological polar surface area (TPSA) is 91.9 Å². The van der Waals surface area contributed by atoms with Crippen LogP contribution in [0.25, 0.3) is 0 Å². The van der Waals surface area contributed by atoms with E-state index in [0.717, 1.165) is 17.3 Å². The van der Waals surface area contributed by atoms with Crippen LogP contribution in [-0.4, -0.2) is 60.3 Å². The zero-order valence-electron chi connectivity index (χ0n) is 19.4. The minimum atomic E-state index is -0.128. The third-order valence-electron chi connectivity index (χ3n) is 5.83. The first-order chi connectivity index (χ1) is 16.5. The van der Waals surface area contributed by atoms with Gasteiger partial charge in [-0.1, -0.05) is 17.7 Å². The van der Waals surface area contributed by atoms with E-state index in [1.807, 2.05) is 42.2 Å². The van der Waals surface area contributed by atoms with Crippen LogP contribution < -0.4 is 25.0 Å². The Morgan fingerprint density at radius 3 is 2.32 bits per heavy atom. The molecule has 2 aliphatic rings. The van der Waals surface area contributed by atoms with E-state index in [-0.39, 0.29) is 6.03 Å². The van der Waals surface area contributed by atoms with Gasteiger partial charge in [0.25, 0.3) is 0 Å². The van der Waals surface area contributed by atoms with Crippen LogP contribution in [0.15, 0.2) is 48.5 Å². The highest BCUT2D eigenvalue weighted by Crippen LogP contribution is 2.32. The lowest BCUT2D eigenvalue weighted by Crippen LogP contribution is -2.50. The molecule has 0 aliphatic carbocycles. The lowest BCUT2D eigenvalue weighted by molar-refractivity contribution is 0.171. The molecule has 2 amide bonds. The van der Waals surface area contributed by atoms with E-state index in [4.69, 9.17) is 9.47 Å². The number of hydrogen-bond donors (Lipinski definition) is 2. The largest absolute Gasteiger partial charge is 0.486 e. The molecule has 0 bridgehead atoms. The Hall–Kier alpha value is -4.01.